The molecule has 3 amide bonds. The van der Waals surface area contributed by atoms with Crippen LogP contribution in [0, 0.1) is 0 Å². The predicted molar refractivity (Wildman–Crippen MR) is 75.7 cm³/mol. The molecule has 4 N–H and O–H groups in total. The molecule has 3 heterocycles. The second-order valence-corrected chi connectivity index (χ2v) is 5.83. The fraction of sp³-hybridized carbons (Fsp3) is 0.400. The summed E-state index contributed by atoms with van der Waals surface area (Å²) in [4.78, 5) is 22.8. The molecule has 1 fully saturated rings. The summed E-state index contributed by atoms with van der Waals surface area (Å²) in [7, 11) is -2.98. The number of primary amides is 1. The minimum absolute atomic E-state index is 0.313. The number of aryl methyl sites for hydroxylation is 1. The first kappa shape index (κ1) is 17.6. The van der Waals surface area contributed by atoms with Gasteiger partial charge in [0.25, 0.3) is 5.91 Å². The van der Waals surface area contributed by atoms with Crippen LogP contribution in [0.5, 0.6) is 0 Å². The third-order valence-corrected chi connectivity index (χ3v) is 3.64. The zero-order valence-electron chi connectivity index (χ0n) is 12.3. The van der Waals surface area contributed by atoms with Gasteiger partial charge in [-0.3, -0.25) is 14.0 Å². The van der Waals surface area contributed by atoms with Crippen LogP contribution in [-0.4, -0.2) is 62.6 Å². The number of nitrogens with zero attached hydrogens (tertiary/aromatic N) is 5. The maximum atomic E-state index is 11.9. The van der Waals surface area contributed by atoms with Crippen molar-refractivity contribution in [1.82, 2.24) is 19.7 Å². The fourth-order valence-corrected chi connectivity index (χ4v) is 2.74. The number of carbonyl (C=O) groups excluding carboxylic acids is 2. The van der Waals surface area contributed by atoms with Crippen molar-refractivity contribution in [1.29, 1.82) is 0 Å². The highest BCUT2D eigenvalue weighted by atomic mass is 32.3. The van der Waals surface area contributed by atoms with E-state index in [0.29, 0.717) is 24.4 Å². The molecule has 3 rings (SSSR count). The zero-order chi connectivity index (χ0) is 18.1. The molecular weight excluding hydrogens is 348 g/mol. The monoisotopic (exact) mass is 362 g/mol. The van der Waals surface area contributed by atoms with Gasteiger partial charge in [-0.1, -0.05) is 5.16 Å². The topological polar surface area (TPSA) is 181 Å². The number of fused-ring (bicyclic) bond motifs is 4. The van der Waals surface area contributed by atoms with Gasteiger partial charge in [0.15, 0.2) is 0 Å². The number of hydrogen-bond acceptors (Lipinski definition) is 8. The zero-order valence-corrected chi connectivity index (χ0v) is 13.1. The molecule has 1 aromatic heterocycles. The average Bonchev–Trinajstić information content (AvgIpc) is 2.94. The van der Waals surface area contributed by atoms with Crippen molar-refractivity contribution >= 4 is 28.6 Å². The molecule has 1 unspecified atom stereocenters. The summed E-state index contributed by atoms with van der Waals surface area (Å²) in [5.74, 6) is -0.752. The van der Waals surface area contributed by atoms with E-state index in [0.717, 1.165) is 11.3 Å². The van der Waals surface area contributed by atoms with Crippen LogP contribution in [-0.2, 0) is 33.1 Å². The number of carbonyl (C=O) groups is 2. The summed E-state index contributed by atoms with van der Waals surface area (Å²) < 4.78 is 36.1. The van der Waals surface area contributed by atoms with E-state index < -0.39 is 28.4 Å². The molecule has 1 saturated heterocycles. The highest BCUT2D eigenvalue weighted by Gasteiger charge is 2.47. The average molecular weight is 362 g/mol. The molecule has 132 valence electrons. The standard InChI is InChI=1S/C8H10N4O5S.C2H4N2O2/c1-10-6-3-11-4-7(5(6)2-9-10)12(8(11)13)17-18(14,15)16;3-2(5)1-4-6/h2,7H,3-4H2,1H3,(H,14,15,16);1,6H,(H2,3,5)/b;4-1-. The van der Waals surface area contributed by atoms with Crippen LogP contribution in [0.15, 0.2) is 11.4 Å². The summed E-state index contributed by atoms with van der Waals surface area (Å²) in [6.45, 7) is 0.652. The van der Waals surface area contributed by atoms with Gasteiger partial charge < -0.3 is 15.8 Å². The molecule has 1 atom stereocenters. The van der Waals surface area contributed by atoms with E-state index in [-0.39, 0.29) is 0 Å². The largest absolute Gasteiger partial charge is 0.418 e. The molecule has 2 aliphatic heterocycles. The van der Waals surface area contributed by atoms with Gasteiger partial charge in [-0.25, -0.2) is 4.79 Å². The van der Waals surface area contributed by atoms with Crippen molar-refractivity contribution in [3.63, 3.8) is 0 Å². The lowest BCUT2D eigenvalue weighted by Crippen LogP contribution is -2.32. The smallest absolute Gasteiger partial charge is 0.411 e. The van der Waals surface area contributed by atoms with Crippen molar-refractivity contribution < 1.29 is 32.1 Å². The molecular formula is C10H14N6O7S. The second-order valence-electron chi connectivity index (χ2n) is 4.82. The Kier molecular flexibility index (Phi) is 4.72. The van der Waals surface area contributed by atoms with Gasteiger partial charge in [0.1, 0.15) is 12.3 Å². The first-order valence-electron chi connectivity index (χ1n) is 6.36. The number of aromatic nitrogens is 2. The van der Waals surface area contributed by atoms with E-state index >= 15 is 0 Å². The van der Waals surface area contributed by atoms with Crippen LogP contribution in [0.3, 0.4) is 0 Å². The third-order valence-electron chi connectivity index (χ3n) is 3.29. The Bertz CT molecular complexity index is 788. The Morgan fingerprint density at radius 3 is 2.75 bits per heavy atom. The maximum absolute atomic E-state index is 11.9. The van der Waals surface area contributed by atoms with Crippen molar-refractivity contribution in [2.24, 2.45) is 17.9 Å². The minimum atomic E-state index is -4.72. The molecule has 0 aliphatic carbocycles. The number of rotatable bonds is 3. The third kappa shape index (κ3) is 3.61. The Hall–Kier alpha value is -2.71. The van der Waals surface area contributed by atoms with Crippen LogP contribution in [0.1, 0.15) is 17.3 Å². The van der Waals surface area contributed by atoms with Gasteiger partial charge >= 0.3 is 16.4 Å². The van der Waals surface area contributed by atoms with E-state index in [1.54, 1.807) is 17.9 Å². The Labute approximate surface area is 135 Å². The van der Waals surface area contributed by atoms with Gasteiger partial charge in [-0.05, 0) is 0 Å². The summed E-state index contributed by atoms with van der Waals surface area (Å²) in [5.41, 5.74) is 6.00. The Morgan fingerprint density at radius 2 is 2.25 bits per heavy atom. The van der Waals surface area contributed by atoms with Crippen LogP contribution in [0.2, 0.25) is 0 Å². The first-order valence-corrected chi connectivity index (χ1v) is 7.73. The fourth-order valence-electron chi connectivity index (χ4n) is 2.37. The number of urea groups is 1. The van der Waals surface area contributed by atoms with E-state index in [9.17, 15) is 18.0 Å². The van der Waals surface area contributed by atoms with Gasteiger partial charge in [-0.2, -0.15) is 18.6 Å². The van der Waals surface area contributed by atoms with Crippen molar-refractivity contribution in [3.8, 4) is 0 Å². The van der Waals surface area contributed by atoms with E-state index in [4.69, 9.17) is 9.76 Å². The molecule has 0 radical (unpaired) electrons. The lowest BCUT2D eigenvalue weighted by Gasteiger charge is -2.21. The number of hydroxylamine groups is 2. The Balaban J connectivity index is 0.000000301. The molecule has 0 aromatic carbocycles. The highest BCUT2D eigenvalue weighted by Crippen LogP contribution is 2.37. The SMILES string of the molecule is Cn1ncc2c1CN1CC2N(OS(=O)(=O)O)C1=O.NC(=O)/C=N\O. The lowest BCUT2D eigenvalue weighted by molar-refractivity contribution is -0.111. The molecule has 2 bridgehead atoms. The van der Waals surface area contributed by atoms with E-state index in [1.807, 2.05) is 0 Å². The molecule has 0 saturated carbocycles. The van der Waals surface area contributed by atoms with Crippen molar-refractivity contribution in [2.75, 3.05) is 6.54 Å². The minimum Gasteiger partial charge on any atom is -0.411 e. The van der Waals surface area contributed by atoms with Crippen molar-refractivity contribution in [2.45, 2.75) is 12.6 Å². The van der Waals surface area contributed by atoms with Crippen LogP contribution in [0.25, 0.3) is 0 Å². The molecule has 2 aliphatic rings. The van der Waals surface area contributed by atoms with Crippen LogP contribution >= 0.6 is 0 Å². The quantitative estimate of drug-likeness (QED) is 0.248. The first-order chi connectivity index (χ1) is 11.1. The normalized spacial score (nSPS) is 19.2. The number of nitrogens with two attached hydrogens (primary N) is 1. The van der Waals surface area contributed by atoms with Crippen molar-refractivity contribution in [3.05, 3.63) is 17.5 Å². The highest BCUT2D eigenvalue weighted by molar-refractivity contribution is 7.80. The van der Waals surface area contributed by atoms with E-state index in [1.165, 1.54) is 4.90 Å². The van der Waals surface area contributed by atoms with Gasteiger partial charge in [0.2, 0.25) is 0 Å². The van der Waals surface area contributed by atoms with Gasteiger partial charge in [0, 0.05) is 12.6 Å². The van der Waals surface area contributed by atoms with Crippen LogP contribution in [0.4, 0.5) is 4.79 Å². The molecule has 13 nitrogen and oxygen atoms in total. The predicted octanol–water partition coefficient (Wildman–Crippen LogP) is -1.62. The maximum Gasteiger partial charge on any atom is 0.418 e. The lowest BCUT2D eigenvalue weighted by atomic mass is 10.1. The summed E-state index contributed by atoms with van der Waals surface area (Å²) in [5, 5.41) is 14.6. The summed E-state index contributed by atoms with van der Waals surface area (Å²) in [6, 6.07) is -1.16. The Morgan fingerprint density at radius 1 is 1.58 bits per heavy atom. The molecule has 0 spiro atoms. The van der Waals surface area contributed by atoms with E-state index in [2.05, 4.69) is 20.3 Å². The second kappa shape index (κ2) is 6.42. The molecule has 24 heavy (non-hydrogen) atoms. The summed E-state index contributed by atoms with van der Waals surface area (Å²) >= 11 is 0. The van der Waals surface area contributed by atoms with Crippen LogP contribution < -0.4 is 5.73 Å². The van der Waals surface area contributed by atoms with Gasteiger partial charge in [-0.15, -0.1) is 4.28 Å². The summed E-state index contributed by atoms with van der Waals surface area (Å²) in [6.07, 6.45) is 2.18. The molecule has 1 aromatic rings. The molecule has 14 heteroatoms. The number of hydrogen-bond donors (Lipinski definition) is 3. The number of oxime groups is 1. The van der Waals surface area contributed by atoms with Gasteiger partial charge in [0.05, 0.1) is 25.0 Å². The number of amides is 3.